The number of carbonyl (C=O) groups is 1. The van der Waals surface area contributed by atoms with E-state index in [1.165, 1.54) is 5.56 Å². The Morgan fingerprint density at radius 1 is 1.25 bits per heavy atom. The lowest BCUT2D eigenvalue weighted by Crippen LogP contribution is -2.43. The Morgan fingerprint density at radius 2 is 1.94 bits per heavy atom. The van der Waals surface area contributed by atoms with Gasteiger partial charge in [0.05, 0.1) is 5.41 Å². The number of nitrogens with one attached hydrogen (secondary N) is 1. The Labute approximate surface area is 109 Å². The molecule has 0 aromatic heterocycles. The number of para-hydroxylation sites is 1. The Kier molecular flexibility index (Phi) is 2.43. The molecule has 0 unspecified atom stereocenters. The first-order valence-corrected chi connectivity index (χ1v) is 6.50. The highest BCUT2D eigenvalue weighted by molar-refractivity contribution is 14.1. The average molecular weight is 328 g/mol. The molecule has 16 heavy (non-hydrogen) atoms. The van der Waals surface area contributed by atoms with E-state index < -0.39 is 0 Å². The van der Waals surface area contributed by atoms with Crippen molar-refractivity contribution in [2.45, 2.75) is 18.3 Å². The number of carbonyl (C=O) groups excluding carboxylic acids is 1. The highest BCUT2D eigenvalue weighted by atomic mass is 127. The van der Waals surface area contributed by atoms with Gasteiger partial charge in [-0.2, -0.15) is 0 Å². The fourth-order valence-electron chi connectivity index (χ4n) is 2.73. The second-order valence-electron chi connectivity index (χ2n) is 4.49. The zero-order chi connectivity index (χ0) is 11.2. The minimum atomic E-state index is -0.252. The van der Waals surface area contributed by atoms with Crippen LogP contribution in [0.3, 0.4) is 0 Å². The normalized spacial score (nSPS) is 23.2. The lowest BCUT2D eigenvalue weighted by atomic mass is 9.74. The molecule has 1 aromatic carbocycles. The van der Waals surface area contributed by atoms with Crippen molar-refractivity contribution in [2.75, 3.05) is 18.4 Å². The van der Waals surface area contributed by atoms with Crippen LogP contribution in [0.15, 0.2) is 24.3 Å². The third-order valence-electron chi connectivity index (χ3n) is 3.69. The van der Waals surface area contributed by atoms with Gasteiger partial charge >= 0.3 is 0 Å². The minimum Gasteiger partial charge on any atom is -0.325 e. The zero-order valence-corrected chi connectivity index (χ0v) is 11.0. The van der Waals surface area contributed by atoms with Gasteiger partial charge in [-0.25, -0.2) is 3.11 Å². The lowest BCUT2D eigenvalue weighted by Gasteiger charge is -2.35. The van der Waals surface area contributed by atoms with Crippen molar-refractivity contribution in [2.24, 2.45) is 0 Å². The van der Waals surface area contributed by atoms with Crippen LogP contribution in [0.25, 0.3) is 0 Å². The summed E-state index contributed by atoms with van der Waals surface area (Å²) in [5.41, 5.74) is 1.96. The Balaban J connectivity index is 2.04. The van der Waals surface area contributed by atoms with Gasteiger partial charge in [-0.15, -0.1) is 0 Å². The molecule has 4 heteroatoms. The predicted octanol–water partition coefficient (Wildman–Crippen LogP) is 2.32. The molecule has 0 atom stereocenters. The topological polar surface area (TPSA) is 32.3 Å². The zero-order valence-electron chi connectivity index (χ0n) is 8.87. The number of halogens is 1. The van der Waals surface area contributed by atoms with Gasteiger partial charge in [0, 0.05) is 41.6 Å². The summed E-state index contributed by atoms with van der Waals surface area (Å²) in [6.45, 7) is 1.98. The van der Waals surface area contributed by atoms with Crippen LogP contribution in [0.5, 0.6) is 0 Å². The summed E-state index contributed by atoms with van der Waals surface area (Å²) in [6.07, 6.45) is 1.86. The third kappa shape index (κ3) is 1.39. The van der Waals surface area contributed by atoms with Crippen molar-refractivity contribution >= 4 is 34.5 Å². The van der Waals surface area contributed by atoms with Crippen molar-refractivity contribution < 1.29 is 4.79 Å². The number of benzene rings is 1. The van der Waals surface area contributed by atoms with Crippen molar-refractivity contribution in [3.63, 3.8) is 0 Å². The predicted molar refractivity (Wildman–Crippen MR) is 71.6 cm³/mol. The van der Waals surface area contributed by atoms with E-state index in [2.05, 4.69) is 37.4 Å². The highest BCUT2D eigenvalue weighted by Crippen LogP contribution is 2.44. The number of amides is 1. The Bertz CT molecular complexity index is 438. The minimum absolute atomic E-state index is 0.193. The maximum Gasteiger partial charge on any atom is 0.235 e. The lowest BCUT2D eigenvalue weighted by molar-refractivity contribution is -0.122. The third-order valence-corrected chi connectivity index (χ3v) is 4.65. The molecule has 0 saturated carbocycles. The maximum absolute atomic E-state index is 12.2. The summed E-state index contributed by atoms with van der Waals surface area (Å²) < 4.78 is 2.26. The van der Waals surface area contributed by atoms with Crippen LogP contribution in [-0.4, -0.2) is 22.1 Å². The van der Waals surface area contributed by atoms with Gasteiger partial charge in [-0.1, -0.05) is 18.2 Å². The van der Waals surface area contributed by atoms with E-state index in [4.69, 9.17) is 0 Å². The van der Waals surface area contributed by atoms with E-state index in [1.54, 1.807) is 0 Å². The van der Waals surface area contributed by atoms with Crippen LogP contribution in [0.1, 0.15) is 18.4 Å². The molecule has 0 radical (unpaired) electrons. The molecule has 2 aliphatic heterocycles. The molecule has 0 bridgehead atoms. The first kappa shape index (κ1) is 10.5. The molecule has 1 aromatic rings. The van der Waals surface area contributed by atoms with Gasteiger partial charge in [-0.3, -0.25) is 4.79 Å². The molecule has 1 N–H and O–H groups in total. The van der Waals surface area contributed by atoms with E-state index >= 15 is 0 Å². The van der Waals surface area contributed by atoms with Crippen molar-refractivity contribution in [3.05, 3.63) is 29.8 Å². The van der Waals surface area contributed by atoms with E-state index in [0.717, 1.165) is 31.6 Å². The molecule has 1 fully saturated rings. The number of rotatable bonds is 0. The molecule has 2 heterocycles. The Hall–Kier alpha value is -0.620. The SMILES string of the molecule is O=C1Nc2ccccc2C12CCN(I)CC2. The largest absolute Gasteiger partial charge is 0.325 e. The molecule has 1 amide bonds. The van der Waals surface area contributed by atoms with Crippen molar-refractivity contribution in [1.82, 2.24) is 3.11 Å². The van der Waals surface area contributed by atoms with E-state index in [0.29, 0.717) is 0 Å². The fraction of sp³-hybridized carbons (Fsp3) is 0.417. The molecule has 84 valence electrons. The molecule has 3 nitrogen and oxygen atoms in total. The summed E-state index contributed by atoms with van der Waals surface area (Å²) in [5.74, 6) is 0.193. The van der Waals surface area contributed by atoms with Crippen molar-refractivity contribution in [1.29, 1.82) is 0 Å². The highest BCUT2D eigenvalue weighted by Gasteiger charge is 2.47. The first-order valence-electron chi connectivity index (χ1n) is 5.54. The Morgan fingerprint density at radius 3 is 2.69 bits per heavy atom. The van der Waals surface area contributed by atoms with Crippen LogP contribution in [-0.2, 0) is 10.2 Å². The van der Waals surface area contributed by atoms with Crippen LogP contribution < -0.4 is 5.32 Å². The van der Waals surface area contributed by atoms with Gasteiger partial charge in [0.2, 0.25) is 5.91 Å². The number of piperidine rings is 1. The molecule has 0 aliphatic carbocycles. The monoisotopic (exact) mass is 328 g/mol. The summed E-state index contributed by atoms with van der Waals surface area (Å²) >= 11 is 2.33. The summed E-state index contributed by atoms with van der Waals surface area (Å²) in [5, 5.41) is 3.01. The molecule has 1 saturated heterocycles. The van der Waals surface area contributed by atoms with Gasteiger partial charge in [0.25, 0.3) is 0 Å². The molecule has 2 aliphatic rings. The van der Waals surface area contributed by atoms with Gasteiger partial charge < -0.3 is 5.32 Å². The summed E-state index contributed by atoms with van der Waals surface area (Å²) in [4.78, 5) is 12.2. The van der Waals surface area contributed by atoms with E-state index in [9.17, 15) is 4.79 Å². The van der Waals surface area contributed by atoms with Crippen LogP contribution in [0.2, 0.25) is 0 Å². The quantitative estimate of drug-likeness (QED) is 0.586. The fourth-order valence-corrected chi connectivity index (χ4v) is 3.21. The van der Waals surface area contributed by atoms with Crippen LogP contribution in [0, 0.1) is 0 Å². The smallest absolute Gasteiger partial charge is 0.235 e. The van der Waals surface area contributed by atoms with Crippen molar-refractivity contribution in [3.8, 4) is 0 Å². The number of anilines is 1. The summed E-state index contributed by atoms with van der Waals surface area (Å²) in [6, 6.07) is 8.09. The van der Waals surface area contributed by atoms with Crippen LogP contribution >= 0.6 is 22.9 Å². The van der Waals surface area contributed by atoms with E-state index in [-0.39, 0.29) is 11.3 Å². The van der Waals surface area contributed by atoms with Gasteiger partial charge in [0.15, 0.2) is 0 Å². The number of hydrogen-bond donors (Lipinski definition) is 1. The summed E-state index contributed by atoms with van der Waals surface area (Å²) in [7, 11) is 0. The number of hydrogen-bond acceptors (Lipinski definition) is 2. The van der Waals surface area contributed by atoms with Gasteiger partial charge in [-0.05, 0) is 24.5 Å². The number of nitrogens with zero attached hydrogens (tertiary/aromatic N) is 1. The first-order chi connectivity index (χ1) is 7.72. The molecular formula is C12H13IN2O. The average Bonchev–Trinajstić information content (AvgIpc) is 2.57. The number of fused-ring (bicyclic) bond motifs is 2. The molecule has 1 spiro atoms. The standard InChI is InChI=1S/C12H13IN2O/c13-15-7-5-12(6-8-15)9-3-1-2-4-10(9)14-11(12)16/h1-4H,5-8H2,(H,14,16). The maximum atomic E-state index is 12.2. The molecule has 3 rings (SSSR count). The second-order valence-corrected chi connectivity index (χ2v) is 5.86. The second kappa shape index (κ2) is 3.70. The van der Waals surface area contributed by atoms with Gasteiger partial charge in [0.1, 0.15) is 0 Å². The van der Waals surface area contributed by atoms with Crippen LogP contribution in [0.4, 0.5) is 5.69 Å². The molecular weight excluding hydrogens is 315 g/mol. The van der Waals surface area contributed by atoms with E-state index in [1.807, 2.05) is 18.2 Å².